The predicted octanol–water partition coefficient (Wildman–Crippen LogP) is 6.67. The second-order valence-corrected chi connectivity index (χ2v) is 4.39. The van der Waals surface area contributed by atoms with E-state index in [0.29, 0.717) is 0 Å². The summed E-state index contributed by atoms with van der Waals surface area (Å²) in [5, 5.41) is 0. The van der Waals surface area contributed by atoms with E-state index in [-0.39, 0.29) is 7.43 Å². The van der Waals surface area contributed by atoms with Crippen LogP contribution in [0.3, 0.4) is 0 Å². The average Bonchev–Trinajstić information content (AvgIpc) is 2.44. The van der Waals surface area contributed by atoms with Crippen LogP contribution in [0.1, 0.15) is 44.9 Å². The van der Waals surface area contributed by atoms with Crippen LogP contribution in [-0.4, -0.2) is 0 Å². The highest BCUT2D eigenvalue weighted by Gasteiger charge is 2.02. The standard InChI is InChI=1S/C17H18.C2H6.CH4/c1-4-7-15-12-16(11-10-13(15)2)17-9-6-5-8-14(17)3;1-2;/h4-12H,1-3H3;1-2H3;1H4/b7-4-;;. The summed E-state index contributed by atoms with van der Waals surface area (Å²) in [4.78, 5) is 0. The smallest absolute Gasteiger partial charge is 0.0155 e. The summed E-state index contributed by atoms with van der Waals surface area (Å²) in [7, 11) is 0. The van der Waals surface area contributed by atoms with Crippen molar-refractivity contribution in [1.29, 1.82) is 0 Å². The van der Waals surface area contributed by atoms with Gasteiger partial charge in [-0.1, -0.05) is 69.8 Å². The maximum absolute atomic E-state index is 2.26. The van der Waals surface area contributed by atoms with E-state index in [0.717, 1.165) is 0 Å². The van der Waals surface area contributed by atoms with E-state index in [1.165, 1.54) is 27.8 Å². The molecule has 0 fully saturated rings. The van der Waals surface area contributed by atoms with Crippen molar-refractivity contribution in [2.24, 2.45) is 0 Å². The Morgan fingerprint density at radius 2 is 1.50 bits per heavy atom. The molecule has 0 N–H and O–H groups in total. The van der Waals surface area contributed by atoms with Gasteiger partial charge in [-0.3, -0.25) is 0 Å². The summed E-state index contributed by atoms with van der Waals surface area (Å²) in [6.45, 7) is 10.4. The molecule has 0 aromatic heterocycles. The van der Waals surface area contributed by atoms with E-state index in [1.54, 1.807) is 0 Å². The minimum Gasteiger partial charge on any atom is -0.0871 e. The molecule has 2 rings (SSSR count). The number of allylic oxidation sites excluding steroid dienone is 1. The normalized spacial score (nSPS) is 9.65. The third-order valence-electron chi connectivity index (χ3n) is 3.08. The first kappa shape index (κ1) is 18.2. The fourth-order valence-electron chi connectivity index (χ4n) is 2.06. The fourth-order valence-corrected chi connectivity index (χ4v) is 2.06. The maximum Gasteiger partial charge on any atom is -0.0155 e. The largest absolute Gasteiger partial charge is 0.0871 e. The van der Waals surface area contributed by atoms with Crippen LogP contribution in [0.2, 0.25) is 0 Å². The Balaban J connectivity index is 0.00000115. The minimum atomic E-state index is 0. The first-order chi connectivity index (χ1) is 9.22. The summed E-state index contributed by atoms with van der Waals surface area (Å²) in [5.41, 5.74) is 6.55. The molecule has 0 heteroatoms. The molecule has 0 aliphatic rings. The molecule has 0 nitrogen and oxygen atoms in total. The summed E-state index contributed by atoms with van der Waals surface area (Å²) in [5.74, 6) is 0. The molecule has 0 saturated carbocycles. The van der Waals surface area contributed by atoms with Gasteiger partial charge in [0.25, 0.3) is 0 Å². The SMILES string of the molecule is C.C/C=C\c1cc(-c2ccccc2C)ccc1C.CC. The van der Waals surface area contributed by atoms with Crippen molar-refractivity contribution in [2.75, 3.05) is 0 Å². The molecule has 0 bridgehead atoms. The molecule has 108 valence electrons. The quantitative estimate of drug-likeness (QED) is 0.571. The van der Waals surface area contributed by atoms with E-state index < -0.39 is 0 Å². The summed E-state index contributed by atoms with van der Waals surface area (Å²) in [6.07, 6.45) is 4.25. The molecule has 0 aliphatic carbocycles. The lowest BCUT2D eigenvalue weighted by Crippen LogP contribution is -1.86. The number of hydrogen-bond acceptors (Lipinski definition) is 0. The summed E-state index contributed by atoms with van der Waals surface area (Å²) < 4.78 is 0. The lowest BCUT2D eigenvalue weighted by atomic mass is 9.96. The zero-order valence-corrected chi connectivity index (χ0v) is 12.7. The van der Waals surface area contributed by atoms with Gasteiger partial charge in [0.2, 0.25) is 0 Å². The summed E-state index contributed by atoms with van der Waals surface area (Å²) in [6, 6.07) is 15.2. The Morgan fingerprint density at radius 1 is 0.850 bits per heavy atom. The molecule has 0 atom stereocenters. The summed E-state index contributed by atoms with van der Waals surface area (Å²) >= 11 is 0. The van der Waals surface area contributed by atoms with Crippen molar-refractivity contribution >= 4 is 6.08 Å². The Bertz CT molecular complexity index is 548. The van der Waals surface area contributed by atoms with Crippen LogP contribution in [0.4, 0.5) is 0 Å². The Morgan fingerprint density at radius 3 is 2.10 bits per heavy atom. The highest BCUT2D eigenvalue weighted by atomic mass is 14.1. The maximum atomic E-state index is 2.26. The monoisotopic (exact) mass is 268 g/mol. The van der Waals surface area contributed by atoms with Crippen LogP contribution in [-0.2, 0) is 0 Å². The number of hydrogen-bond donors (Lipinski definition) is 0. The number of rotatable bonds is 2. The number of benzene rings is 2. The zero-order valence-electron chi connectivity index (χ0n) is 12.7. The van der Waals surface area contributed by atoms with Gasteiger partial charge in [-0.2, -0.15) is 0 Å². The molecular formula is C20H28. The second-order valence-electron chi connectivity index (χ2n) is 4.39. The third-order valence-corrected chi connectivity index (χ3v) is 3.08. The average molecular weight is 268 g/mol. The van der Waals surface area contributed by atoms with E-state index in [9.17, 15) is 0 Å². The zero-order chi connectivity index (χ0) is 14.3. The van der Waals surface area contributed by atoms with Crippen LogP contribution in [0.5, 0.6) is 0 Å². The van der Waals surface area contributed by atoms with Crippen molar-refractivity contribution in [3.8, 4) is 11.1 Å². The Labute approximate surface area is 125 Å². The molecular weight excluding hydrogens is 240 g/mol. The molecule has 0 unspecified atom stereocenters. The molecule has 0 aliphatic heterocycles. The van der Waals surface area contributed by atoms with Crippen LogP contribution >= 0.6 is 0 Å². The van der Waals surface area contributed by atoms with Gasteiger partial charge in [0.05, 0.1) is 0 Å². The molecule has 20 heavy (non-hydrogen) atoms. The molecule has 0 amide bonds. The molecule has 2 aromatic rings. The van der Waals surface area contributed by atoms with Crippen LogP contribution in [0.15, 0.2) is 48.5 Å². The van der Waals surface area contributed by atoms with Crippen molar-refractivity contribution in [2.45, 2.75) is 42.0 Å². The van der Waals surface area contributed by atoms with Gasteiger partial charge in [-0.25, -0.2) is 0 Å². The predicted molar refractivity (Wildman–Crippen MR) is 94.1 cm³/mol. The lowest BCUT2D eigenvalue weighted by molar-refractivity contribution is 1.41. The van der Waals surface area contributed by atoms with Gasteiger partial charge in [-0.05, 0) is 54.7 Å². The van der Waals surface area contributed by atoms with Gasteiger partial charge < -0.3 is 0 Å². The van der Waals surface area contributed by atoms with Crippen molar-refractivity contribution in [3.05, 3.63) is 65.2 Å². The first-order valence-electron chi connectivity index (χ1n) is 7.01. The van der Waals surface area contributed by atoms with Gasteiger partial charge in [-0.15, -0.1) is 0 Å². The minimum absolute atomic E-state index is 0. The lowest BCUT2D eigenvalue weighted by Gasteiger charge is -2.08. The molecule has 2 aromatic carbocycles. The van der Waals surface area contributed by atoms with Crippen LogP contribution < -0.4 is 0 Å². The molecule has 0 saturated heterocycles. The fraction of sp³-hybridized carbons (Fsp3) is 0.300. The van der Waals surface area contributed by atoms with E-state index >= 15 is 0 Å². The van der Waals surface area contributed by atoms with Crippen molar-refractivity contribution in [1.82, 2.24) is 0 Å². The van der Waals surface area contributed by atoms with Gasteiger partial charge in [0, 0.05) is 0 Å². The first-order valence-corrected chi connectivity index (χ1v) is 7.01. The van der Waals surface area contributed by atoms with E-state index in [1.807, 2.05) is 13.8 Å². The van der Waals surface area contributed by atoms with E-state index in [4.69, 9.17) is 0 Å². The Hall–Kier alpha value is -1.82. The van der Waals surface area contributed by atoms with Gasteiger partial charge in [0.15, 0.2) is 0 Å². The van der Waals surface area contributed by atoms with Crippen LogP contribution in [0.25, 0.3) is 17.2 Å². The van der Waals surface area contributed by atoms with Gasteiger partial charge >= 0.3 is 0 Å². The number of aryl methyl sites for hydroxylation is 2. The third kappa shape index (κ3) is 4.38. The Kier molecular flexibility index (Phi) is 8.31. The van der Waals surface area contributed by atoms with Crippen molar-refractivity contribution in [3.63, 3.8) is 0 Å². The second kappa shape index (κ2) is 9.14. The topological polar surface area (TPSA) is 0 Å². The van der Waals surface area contributed by atoms with Gasteiger partial charge in [0.1, 0.15) is 0 Å². The van der Waals surface area contributed by atoms with E-state index in [2.05, 4.69) is 75.4 Å². The molecule has 0 spiro atoms. The molecule has 0 heterocycles. The highest BCUT2D eigenvalue weighted by Crippen LogP contribution is 2.25. The highest BCUT2D eigenvalue weighted by molar-refractivity contribution is 5.71. The van der Waals surface area contributed by atoms with Crippen molar-refractivity contribution < 1.29 is 0 Å². The van der Waals surface area contributed by atoms with Crippen LogP contribution in [0, 0.1) is 13.8 Å². The molecule has 0 radical (unpaired) electrons.